The fraction of sp³-hybridized carbons (Fsp3) is 0.208. The zero-order chi connectivity index (χ0) is 19.8. The zero-order valence-corrected chi connectivity index (χ0v) is 15.9. The molecule has 0 aliphatic heterocycles. The Morgan fingerprint density at radius 3 is 2.39 bits per heavy atom. The summed E-state index contributed by atoms with van der Waals surface area (Å²) in [5, 5.41) is 8.70. The Balaban J connectivity index is 1.99. The van der Waals surface area contributed by atoms with Crippen molar-refractivity contribution in [2.75, 3.05) is 7.11 Å². The maximum Gasteiger partial charge on any atom is 0.150 e. The topological polar surface area (TPSA) is 63.0 Å². The summed E-state index contributed by atoms with van der Waals surface area (Å²) in [5.41, 5.74) is 5.73. The quantitative estimate of drug-likeness (QED) is 0.389. The summed E-state index contributed by atoms with van der Waals surface area (Å²) in [6.07, 6.45) is 6.07. The number of rotatable bonds is 8. The normalized spacial score (nSPS) is 10.3. The van der Waals surface area contributed by atoms with Crippen LogP contribution in [0.3, 0.4) is 0 Å². The van der Waals surface area contributed by atoms with E-state index < -0.39 is 0 Å². The predicted octanol–water partition coefficient (Wildman–Crippen LogP) is 5.47. The van der Waals surface area contributed by atoms with Gasteiger partial charge in [0.15, 0.2) is 0 Å². The third-order valence-corrected chi connectivity index (χ3v) is 4.67. The summed E-state index contributed by atoms with van der Waals surface area (Å²) in [6.45, 7) is 0. The number of nitrogens with zero attached hydrogens (tertiary/aromatic N) is 2. The fourth-order valence-electron chi connectivity index (χ4n) is 3.12. The molecule has 0 bridgehead atoms. The molecule has 0 saturated heterocycles. The van der Waals surface area contributed by atoms with E-state index in [-0.39, 0.29) is 0 Å². The van der Waals surface area contributed by atoms with E-state index in [1.165, 1.54) is 0 Å². The second kappa shape index (κ2) is 9.48. The summed E-state index contributed by atoms with van der Waals surface area (Å²) in [6, 6.07) is 19.7. The van der Waals surface area contributed by atoms with Crippen molar-refractivity contribution in [3.8, 4) is 34.2 Å². The fourth-order valence-corrected chi connectivity index (χ4v) is 3.12. The van der Waals surface area contributed by atoms with Gasteiger partial charge in [-0.1, -0.05) is 24.3 Å². The molecule has 0 spiro atoms. The zero-order valence-electron chi connectivity index (χ0n) is 15.9. The highest BCUT2D eigenvalue weighted by molar-refractivity contribution is 5.83. The molecule has 140 valence electrons. The number of hydrogen-bond donors (Lipinski definition) is 0. The van der Waals surface area contributed by atoms with Crippen LogP contribution in [-0.4, -0.2) is 18.4 Å². The Hall–Kier alpha value is -3.45. The van der Waals surface area contributed by atoms with Gasteiger partial charge in [-0.25, -0.2) is 0 Å². The van der Waals surface area contributed by atoms with E-state index in [0.29, 0.717) is 12.0 Å². The van der Waals surface area contributed by atoms with Crippen LogP contribution in [0.15, 0.2) is 60.8 Å². The molecular formula is C24H22N2O2. The molecule has 2 aromatic carbocycles. The lowest BCUT2D eigenvalue weighted by atomic mass is 9.96. The highest BCUT2D eigenvalue weighted by Gasteiger charge is 2.11. The van der Waals surface area contributed by atoms with Crippen LogP contribution in [0.5, 0.6) is 5.75 Å². The summed E-state index contributed by atoms with van der Waals surface area (Å²) in [7, 11) is 1.65. The standard InChI is InChI=1S/C24H22N2O2/c1-28-22-12-10-21(11-13-22)24-23(20-8-6-18(17-27)7-9-20)15-19(16-26-24)5-3-2-4-14-25/h6-13,15-17H,2-5H2,1H3. The van der Waals surface area contributed by atoms with E-state index in [9.17, 15) is 4.79 Å². The number of aromatic nitrogens is 1. The molecule has 0 aliphatic carbocycles. The number of benzene rings is 2. The Labute approximate surface area is 165 Å². The summed E-state index contributed by atoms with van der Waals surface area (Å²) in [4.78, 5) is 15.7. The Kier molecular flexibility index (Phi) is 6.54. The van der Waals surface area contributed by atoms with Crippen LogP contribution in [0.25, 0.3) is 22.4 Å². The van der Waals surface area contributed by atoms with Crippen LogP contribution in [0, 0.1) is 11.3 Å². The van der Waals surface area contributed by atoms with E-state index in [0.717, 1.165) is 59.2 Å². The first-order valence-electron chi connectivity index (χ1n) is 9.31. The van der Waals surface area contributed by atoms with Crippen molar-refractivity contribution in [3.63, 3.8) is 0 Å². The number of pyridine rings is 1. The largest absolute Gasteiger partial charge is 0.497 e. The van der Waals surface area contributed by atoms with E-state index in [1.54, 1.807) is 7.11 Å². The molecule has 0 aliphatic rings. The van der Waals surface area contributed by atoms with E-state index in [4.69, 9.17) is 15.0 Å². The number of aldehydes is 1. The molecule has 1 aromatic heterocycles. The van der Waals surface area contributed by atoms with Crippen LogP contribution >= 0.6 is 0 Å². The van der Waals surface area contributed by atoms with E-state index in [2.05, 4.69) is 12.1 Å². The minimum Gasteiger partial charge on any atom is -0.497 e. The van der Waals surface area contributed by atoms with Crippen molar-refractivity contribution in [2.45, 2.75) is 25.7 Å². The molecule has 4 nitrogen and oxygen atoms in total. The van der Waals surface area contributed by atoms with Crippen LogP contribution in [0.2, 0.25) is 0 Å². The maximum absolute atomic E-state index is 11.0. The molecule has 0 fully saturated rings. The van der Waals surface area contributed by atoms with Gasteiger partial charge in [0.25, 0.3) is 0 Å². The van der Waals surface area contributed by atoms with Gasteiger partial charge in [0, 0.05) is 29.3 Å². The number of ether oxygens (including phenoxy) is 1. The average molecular weight is 370 g/mol. The third-order valence-electron chi connectivity index (χ3n) is 4.67. The minimum atomic E-state index is 0.581. The van der Waals surface area contributed by atoms with Gasteiger partial charge in [-0.05, 0) is 60.7 Å². The van der Waals surface area contributed by atoms with Crippen LogP contribution in [0.1, 0.15) is 35.2 Å². The minimum absolute atomic E-state index is 0.581. The van der Waals surface area contributed by atoms with Gasteiger partial charge >= 0.3 is 0 Å². The van der Waals surface area contributed by atoms with Crippen molar-refractivity contribution in [1.82, 2.24) is 4.98 Å². The second-order valence-electron chi connectivity index (χ2n) is 6.57. The number of aryl methyl sites for hydroxylation is 1. The molecule has 3 aromatic rings. The van der Waals surface area contributed by atoms with Gasteiger partial charge < -0.3 is 4.74 Å². The second-order valence-corrected chi connectivity index (χ2v) is 6.57. The van der Waals surface area contributed by atoms with Crippen molar-refractivity contribution in [1.29, 1.82) is 5.26 Å². The number of carbonyl (C=O) groups is 1. The van der Waals surface area contributed by atoms with Crippen LogP contribution in [0.4, 0.5) is 0 Å². The van der Waals surface area contributed by atoms with Crippen molar-refractivity contribution >= 4 is 6.29 Å². The highest BCUT2D eigenvalue weighted by Crippen LogP contribution is 2.32. The first-order chi connectivity index (χ1) is 13.7. The molecule has 0 N–H and O–H groups in total. The number of carbonyl (C=O) groups excluding carboxylic acids is 1. The number of nitriles is 1. The van der Waals surface area contributed by atoms with Gasteiger partial charge in [0.05, 0.1) is 18.9 Å². The lowest BCUT2D eigenvalue weighted by Crippen LogP contribution is -1.95. The molecule has 4 heteroatoms. The van der Waals surface area contributed by atoms with Crippen LogP contribution < -0.4 is 4.74 Å². The summed E-state index contributed by atoms with van der Waals surface area (Å²) >= 11 is 0. The molecule has 0 amide bonds. The number of hydrogen-bond acceptors (Lipinski definition) is 4. The van der Waals surface area contributed by atoms with E-state index >= 15 is 0 Å². The SMILES string of the molecule is COc1ccc(-c2ncc(CCCCC#N)cc2-c2ccc(C=O)cc2)cc1. The van der Waals surface area contributed by atoms with Gasteiger partial charge in [-0.2, -0.15) is 5.26 Å². The van der Waals surface area contributed by atoms with Crippen molar-refractivity contribution in [2.24, 2.45) is 0 Å². The summed E-state index contributed by atoms with van der Waals surface area (Å²) < 4.78 is 5.25. The molecule has 0 unspecified atom stereocenters. The predicted molar refractivity (Wildman–Crippen MR) is 110 cm³/mol. The highest BCUT2D eigenvalue weighted by atomic mass is 16.5. The molecule has 0 saturated carbocycles. The van der Waals surface area contributed by atoms with Crippen molar-refractivity contribution < 1.29 is 9.53 Å². The number of unbranched alkanes of at least 4 members (excludes halogenated alkanes) is 2. The Morgan fingerprint density at radius 2 is 1.75 bits per heavy atom. The number of methoxy groups -OCH3 is 1. The lowest BCUT2D eigenvalue weighted by Gasteiger charge is -2.12. The Bertz CT molecular complexity index is 971. The third kappa shape index (κ3) is 4.63. The smallest absolute Gasteiger partial charge is 0.150 e. The lowest BCUT2D eigenvalue weighted by molar-refractivity contribution is 0.112. The molecule has 0 radical (unpaired) electrons. The van der Waals surface area contributed by atoms with Crippen LogP contribution in [-0.2, 0) is 6.42 Å². The first kappa shape index (κ1) is 19.3. The molecule has 1 heterocycles. The van der Waals surface area contributed by atoms with Gasteiger partial charge in [-0.3, -0.25) is 9.78 Å². The molecular weight excluding hydrogens is 348 g/mol. The summed E-state index contributed by atoms with van der Waals surface area (Å²) in [5.74, 6) is 0.801. The Morgan fingerprint density at radius 1 is 1.04 bits per heavy atom. The average Bonchev–Trinajstić information content (AvgIpc) is 2.77. The van der Waals surface area contributed by atoms with Crippen molar-refractivity contribution in [3.05, 3.63) is 71.9 Å². The molecule has 3 rings (SSSR count). The molecule has 0 atom stereocenters. The first-order valence-corrected chi connectivity index (χ1v) is 9.31. The monoisotopic (exact) mass is 370 g/mol. The van der Waals surface area contributed by atoms with E-state index in [1.807, 2.05) is 54.7 Å². The van der Waals surface area contributed by atoms with Gasteiger partial charge in [0.1, 0.15) is 12.0 Å². The molecule has 28 heavy (non-hydrogen) atoms. The maximum atomic E-state index is 11.0. The van der Waals surface area contributed by atoms with Gasteiger partial charge in [0.2, 0.25) is 0 Å². The van der Waals surface area contributed by atoms with Gasteiger partial charge in [-0.15, -0.1) is 0 Å².